The molecule has 9 heteroatoms. The molecule has 0 bridgehead atoms. The zero-order chi connectivity index (χ0) is 15.9. The molecule has 2 aromatic heterocycles. The van der Waals surface area contributed by atoms with Crippen LogP contribution in [0.2, 0.25) is 0 Å². The lowest BCUT2D eigenvalue weighted by Gasteiger charge is -1.96. The monoisotopic (exact) mass is 416 g/mol. The van der Waals surface area contributed by atoms with Crippen molar-refractivity contribution in [1.82, 2.24) is 4.98 Å². The molecule has 3 aromatic rings. The Kier molecular flexibility index (Phi) is 4.06. The highest BCUT2D eigenvalue weighted by atomic mass is 79.9. The smallest absolute Gasteiger partial charge is 0.267 e. The summed E-state index contributed by atoms with van der Waals surface area (Å²) in [5.74, 6) is -0.238. The van der Waals surface area contributed by atoms with Crippen LogP contribution in [-0.2, 0) is 9.84 Å². The molecule has 114 valence electrons. The number of hydrogen-bond acceptors (Lipinski definition) is 6. The van der Waals surface area contributed by atoms with Crippen molar-refractivity contribution < 1.29 is 13.2 Å². The fourth-order valence-electron chi connectivity index (χ4n) is 1.78. The zero-order valence-electron chi connectivity index (χ0n) is 11.2. The van der Waals surface area contributed by atoms with Gasteiger partial charge in [0.1, 0.15) is 0 Å². The van der Waals surface area contributed by atoms with E-state index in [4.69, 9.17) is 0 Å². The van der Waals surface area contributed by atoms with E-state index in [1.165, 1.54) is 28.7 Å². The maximum absolute atomic E-state index is 12.1. The third-order valence-corrected chi connectivity index (χ3v) is 6.53. The van der Waals surface area contributed by atoms with Gasteiger partial charge < -0.3 is 0 Å². The van der Waals surface area contributed by atoms with Gasteiger partial charge in [-0.1, -0.05) is 11.3 Å². The number of rotatable bonds is 3. The molecule has 0 fully saturated rings. The molecule has 0 radical (unpaired) electrons. The second kappa shape index (κ2) is 5.73. The molecule has 0 aliphatic rings. The van der Waals surface area contributed by atoms with E-state index in [1.54, 1.807) is 18.2 Å². The predicted molar refractivity (Wildman–Crippen MR) is 92.7 cm³/mol. The summed E-state index contributed by atoms with van der Waals surface area (Å²) in [7, 11) is -3.26. The van der Waals surface area contributed by atoms with Crippen molar-refractivity contribution in [1.29, 1.82) is 0 Å². The minimum Gasteiger partial charge on any atom is -0.297 e. The fourth-order valence-corrected chi connectivity index (χ4v) is 4.72. The number of anilines is 1. The Morgan fingerprint density at radius 1 is 1.32 bits per heavy atom. The molecule has 0 aliphatic heterocycles. The summed E-state index contributed by atoms with van der Waals surface area (Å²) in [6.07, 6.45) is 1.16. The summed E-state index contributed by atoms with van der Waals surface area (Å²) in [5, 5.41) is 4.99. The van der Waals surface area contributed by atoms with Crippen molar-refractivity contribution in [2.24, 2.45) is 0 Å². The molecule has 0 aliphatic carbocycles. The van der Waals surface area contributed by atoms with Gasteiger partial charge in [0.2, 0.25) is 0 Å². The minimum absolute atomic E-state index is 0.238. The average molecular weight is 417 g/mol. The molecular weight excluding hydrogens is 408 g/mol. The van der Waals surface area contributed by atoms with Crippen molar-refractivity contribution in [3.63, 3.8) is 0 Å². The van der Waals surface area contributed by atoms with E-state index in [9.17, 15) is 13.2 Å². The Hall–Kier alpha value is -1.29. The molecule has 1 N–H and O–H groups in total. The molecule has 0 spiro atoms. The highest BCUT2D eigenvalue weighted by Crippen LogP contribution is 2.29. The Morgan fingerprint density at radius 2 is 2.09 bits per heavy atom. The number of nitrogens with one attached hydrogen (secondary N) is 1. The van der Waals surface area contributed by atoms with Gasteiger partial charge in [0.25, 0.3) is 5.91 Å². The molecule has 0 saturated carbocycles. The Balaban J connectivity index is 1.90. The summed E-state index contributed by atoms with van der Waals surface area (Å²) >= 11 is 5.87. The van der Waals surface area contributed by atoms with Gasteiger partial charge >= 0.3 is 0 Å². The molecule has 0 unspecified atom stereocenters. The van der Waals surface area contributed by atoms with Gasteiger partial charge in [-0.3, -0.25) is 10.1 Å². The van der Waals surface area contributed by atoms with E-state index in [2.05, 4.69) is 26.2 Å². The number of thiophene rings is 1. The summed E-state index contributed by atoms with van der Waals surface area (Å²) < 4.78 is 24.7. The molecule has 5 nitrogen and oxygen atoms in total. The van der Waals surface area contributed by atoms with Crippen molar-refractivity contribution in [2.75, 3.05) is 11.6 Å². The summed E-state index contributed by atoms with van der Waals surface area (Å²) in [5.41, 5.74) is 0.653. The van der Waals surface area contributed by atoms with Crippen LogP contribution in [0.15, 0.2) is 39.0 Å². The number of carbonyl (C=O) groups is 1. The molecule has 1 amide bonds. The summed E-state index contributed by atoms with van der Waals surface area (Å²) in [6.45, 7) is 0. The van der Waals surface area contributed by atoms with Gasteiger partial charge in [0.05, 0.1) is 20.0 Å². The third-order valence-electron chi connectivity index (χ3n) is 2.80. The Morgan fingerprint density at radius 3 is 2.73 bits per heavy atom. The predicted octanol–water partition coefficient (Wildman–Crippen LogP) is 3.78. The molecule has 22 heavy (non-hydrogen) atoms. The molecule has 1 aromatic carbocycles. The first kappa shape index (κ1) is 15.6. The summed E-state index contributed by atoms with van der Waals surface area (Å²) in [4.78, 5) is 17.2. The topological polar surface area (TPSA) is 76.1 Å². The number of fused-ring (bicyclic) bond motifs is 1. The number of benzene rings is 1. The average Bonchev–Trinajstić information content (AvgIpc) is 3.02. The number of thiazole rings is 1. The summed E-state index contributed by atoms with van der Waals surface area (Å²) in [6, 6.07) is 6.45. The molecule has 0 saturated heterocycles. The second-order valence-electron chi connectivity index (χ2n) is 4.50. The lowest BCUT2D eigenvalue weighted by Crippen LogP contribution is -2.09. The SMILES string of the molecule is CS(=O)(=O)c1ccc2nc(NC(=O)c3cc(Br)cs3)sc2c1. The van der Waals surface area contributed by atoms with Gasteiger partial charge in [-0.2, -0.15) is 0 Å². The second-order valence-corrected chi connectivity index (χ2v) is 9.38. The van der Waals surface area contributed by atoms with E-state index in [0.717, 1.165) is 10.7 Å². The number of amides is 1. The normalized spacial score (nSPS) is 11.7. The van der Waals surface area contributed by atoms with Crippen LogP contribution in [0.4, 0.5) is 5.13 Å². The van der Waals surface area contributed by atoms with E-state index in [0.29, 0.717) is 20.2 Å². The minimum atomic E-state index is -3.26. The number of nitrogens with zero attached hydrogens (tertiary/aromatic N) is 1. The highest BCUT2D eigenvalue weighted by Gasteiger charge is 2.14. The first-order chi connectivity index (χ1) is 10.3. The maximum Gasteiger partial charge on any atom is 0.267 e. The lowest BCUT2D eigenvalue weighted by molar-refractivity contribution is 0.103. The van der Waals surface area contributed by atoms with Crippen molar-refractivity contribution >= 4 is 69.7 Å². The van der Waals surface area contributed by atoms with Crippen LogP contribution in [0.5, 0.6) is 0 Å². The third kappa shape index (κ3) is 3.22. The number of halogens is 1. The first-order valence-corrected chi connectivity index (χ1v) is 10.4. The van der Waals surface area contributed by atoms with Gasteiger partial charge in [-0.05, 0) is 40.2 Å². The van der Waals surface area contributed by atoms with Crippen LogP contribution in [0.1, 0.15) is 9.67 Å². The van der Waals surface area contributed by atoms with E-state index in [-0.39, 0.29) is 10.8 Å². The van der Waals surface area contributed by atoms with E-state index < -0.39 is 9.84 Å². The van der Waals surface area contributed by atoms with Gasteiger partial charge in [-0.15, -0.1) is 11.3 Å². The van der Waals surface area contributed by atoms with E-state index in [1.807, 2.05) is 5.38 Å². The van der Waals surface area contributed by atoms with Crippen LogP contribution >= 0.6 is 38.6 Å². The van der Waals surface area contributed by atoms with Crippen molar-refractivity contribution in [2.45, 2.75) is 4.90 Å². The Bertz CT molecular complexity index is 976. The Labute approximate surface area is 143 Å². The van der Waals surface area contributed by atoms with Crippen molar-refractivity contribution in [3.05, 3.63) is 39.0 Å². The van der Waals surface area contributed by atoms with Crippen molar-refractivity contribution in [3.8, 4) is 0 Å². The van der Waals surface area contributed by atoms with Gasteiger partial charge in [0.15, 0.2) is 15.0 Å². The van der Waals surface area contributed by atoms with Crippen LogP contribution in [-0.4, -0.2) is 25.6 Å². The standard InChI is InChI=1S/C13H9BrN2O3S3/c1-22(18,19)8-2-3-9-10(5-8)21-13(15-9)16-12(17)11-4-7(14)6-20-11/h2-6H,1H3,(H,15,16,17). The lowest BCUT2D eigenvalue weighted by atomic mass is 10.3. The van der Waals surface area contributed by atoms with Crippen LogP contribution in [0.3, 0.4) is 0 Å². The molecule has 2 heterocycles. The van der Waals surface area contributed by atoms with Crippen LogP contribution < -0.4 is 5.32 Å². The quantitative estimate of drug-likeness (QED) is 0.704. The largest absolute Gasteiger partial charge is 0.297 e. The number of sulfone groups is 1. The first-order valence-electron chi connectivity index (χ1n) is 5.99. The molecular formula is C13H9BrN2O3S3. The number of aromatic nitrogens is 1. The molecule has 3 rings (SSSR count). The highest BCUT2D eigenvalue weighted by molar-refractivity contribution is 9.10. The van der Waals surface area contributed by atoms with Gasteiger partial charge in [-0.25, -0.2) is 13.4 Å². The van der Waals surface area contributed by atoms with Crippen LogP contribution in [0, 0.1) is 0 Å². The fraction of sp³-hybridized carbons (Fsp3) is 0.0769. The number of hydrogen-bond donors (Lipinski definition) is 1. The number of carbonyl (C=O) groups excluding carboxylic acids is 1. The van der Waals surface area contributed by atoms with Gasteiger partial charge in [0, 0.05) is 16.1 Å². The zero-order valence-corrected chi connectivity index (χ0v) is 15.2. The van der Waals surface area contributed by atoms with Crippen LogP contribution in [0.25, 0.3) is 10.2 Å². The van der Waals surface area contributed by atoms with E-state index >= 15 is 0 Å². The maximum atomic E-state index is 12.1. The molecule has 0 atom stereocenters.